The highest BCUT2D eigenvalue weighted by molar-refractivity contribution is 9.10. The molecule has 1 aliphatic heterocycles. The molecule has 1 fully saturated rings. The minimum atomic E-state index is -3.45. The fourth-order valence-corrected chi connectivity index (χ4v) is 4.56. The van der Waals surface area contributed by atoms with E-state index in [4.69, 9.17) is 11.6 Å². The zero-order chi connectivity index (χ0) is 14.8. The molecule has 1 saturated heterocycles. The maximum Gasteiger partial charge on any atom is 0.243 e. The van der Waals surface area contributed by atoms with E-state index in [0.717, 1.165) is 19.4 Å². The molecule has 0 spiro atoms. The molecule has 0 aliphatic carbocycles. The Morgan fingerprint density at radius 1 is 1.48 bits per heavy atom. The maximum absolute atomic E-state index is 12.6. The van der Waals surface area contributed by atoms with E-state index in [2.05, 4.69) is 21.2 Å². The van der Waals surface area contributed by atoms with E-state index in [1.54, 1.807) is 16.4 Å². The van der Waals surface area contributed by atoms with E-state index in [0.29, 0.717) is 28.5 Å². The largest absolute Gasteiger partial charge is 0.319 e. The van der Waals surface area contributed by atoms with Crippen LogP contribution >= 0.6 is 39.9 Å². The fourth-order valence-electron chi connectivity index (χ4n) is 2.49. The van der Waals surface area contributed by atoms with Gasteiger partial charge in [0.05, 0.1) is 9.92 Å². The van der Waals surface area contributed by atoms with Crippen molar-refractivity contribution in [1.29, 1.82) is 0 Å². The minimum absolute atomic E-state index is 0. The second-order valence-electron chi connectivity index (χ2n) is 5.00. The molecule has 21 heavy (non-hydrogen) atoms. The summed E-state index contributed by atoms with van der Waals surface area (Å²) in [7, 11) is -1.56. The lowest BCUT2D eigenvalue weighted by Gasteiger charge is -2.31. The predicted molar refractivity (Wildman–Crippen MR) is 91.8 cm³/mol. The number of nitrogens with zero attached hydrogens (tertiary/aromatic N) is 1. The summed E-state index contributed by atoms with van der Waals surface area (Å²) in [5, 5.41) is 3.53. The Labute approximate surface area is 145 Å². The van der Waals surface area contributed by atoms with E-state index in [1.807, 2.05) is 7.05 Å². The first-order valence-electron chi connectivity index (χ1n) is 6.55. The van der Waals surface area contributed by atoms with Crippen LogP contribution in [-0.2, 0) is 10.0 Å². The Hall–Kier alpha value is 0.150. The molecule has 0 amide bonds. The predicted octanol–water partition coefficient (Wildman–Crippen LogP) is 3.14. The smallest absolute Gasteiger partial charge is 0.243 e. The van der Waals surface area contributed by atoms with Crippen molar-refractivity contribution < 1.29 is 8.42 Å². The molecule has 1 unspecified atom stereocenters. The topological polar surface area (TPSA) is 49.4 Å². The number of hydrogen-bond donors (Lipinski definition) is 1. The normalized spacial score (nSPS) is 20.0. The number of piperidine rings is 1. The van der Waals surface area contributed by atoms with E-state index in [1.165, 1.54) is 6.07 Å². The number of halogens is 3. The third-order valence-corrected chi connectivity index (χ3v) is 6.60. The Balaban J connectivity index is 0.00000220. The molecule has 120 valence electrons. The van der Waals surface area contributed by atoms with Crippen molar-refractivity contribution in [2.75, 3.05) is 26.7 Å². The van der Waals surface area contributed by atoms with Crippen molar-refractivity contribution in [2.45, 2.75) is 17.7 Å². The third kappa shape index (κ3) is 4.56. The molecule has 0 saturated carbocycles. The van der Waals surface area contributed by atoms with Gasteiger partial charge in [-0.15, -0.1) is 12.4 Å². The van der Waals surface area contributed by atoms with E-state index in [-0.39, 0.29) is 17.3 Å². The summed E-state index contributed by atoms with van der Waals surface area (Å²) in [5.41, 5.74) is 0. The van der Waals surface area contributed by atoms with Crippen molar-refractivity contribution in [3.8, 4) is 0 Å². The summed E-state index contributed by atoms with van der Waals surface area (Å²) in [4.78, 5) is 0.260. The van der Waals surface area contributed by atoms with Gasteiger partial charge in [0.25, 0.3) is 0 Å². The van der Waals surface area contributed by atoms with Gasteiger partial charge in [-0.2, -0.15) is 4.31 Å². The lowest BCUT2D eigenvalue weighted by atomic mass is 10.00. The molecule has 1 atom stereocenters. The second kappa shape index (κ2) is 8.13. The number of rotatable bonds is 4. The second-order valence-corrected chi connectivity index (χ2v) is 8.20. The summed E-state index contributed by atoms with van der Waals surface area (Å²) in [6.45, 7) is 1.99. The van der Waals surface area contributed by atoms with Gasteiger partial charge in [-0.05, 0) is 66.5 Å². The van der Waals surface area contributed by atoms with Crippen LogP contribution in [0.5, 0.6) is 0 Å². The molecule has 1 aliphatic rings. The van der Waals surface area contributed by atoms with Gasteiger partial charge in [0.15, 0.2) is 0 Å². The standard InChI is InChI=1S/C13H18BrClN2O2S.ClH/c1-16-8-10-3-2-6-17(9-10)20(18,19)11-4-5-12(14)13(15)7-11;/h4-5,7,10,16H,2-3,6,8-9H2,1H3;1H. The van der Waals surface area contributed by atoms with Crippen LogP contribution in [0.15, 0.2) is 27.6 Å². The van der Waals surface area contributed by atoms with Gasteiger partial charge in [-0.3, -0.25) is 0 Å². The molecule has 0 aromatic heterocycles. The van der Waals surface area contributed by atoms with Crippen LogP contribution in [0.3, 0.4) is 0 Å². The van der Waals surface area contributed by atoms with Crippen molar-refractivity contribution in [2.24, 2.45) is 5.92 Å². The zero-order valence-electron chi connectivity index (χ0n) is 11.7. The molecule has 0 bridgehead atoms. The van der Waals surface area contributed by atoms with Gasteiger partial charge in [-0.1, -0.05) is 11.6 Å². The summed E-state index contributed by atoms with van der Waals surface area (Å²) >= 11 is 9.27. The Morgan fingerprint density at radius 3 is 2.81 bits per heavy atom. The first-order valence-corrected chi connectivity index (χ1v) is 9.16. The summed E-state index contributed by atoms with van der Waals surface area (Å²) < 4.78 is 27.5. The van der Waals surface area contributed by atoms with Crippen molar-refractivity contribution in [3.63, 3.8) is 0 Å². The van der Waals surface area contributed by atoms with Gasteiger partial charge in [-0.25, -0.2) is 8.42 Å². The molecule has 2 rings (SSSR count). The monoisotopic (exact) mass is 416 g/mol. The first-order chi connectivity index (χ1) is 9.45. The minimum Gasteiger partial charge on any atom is -0.319 e. The third-order valence-electron chi connectivity index (χ3n) is 3.50. The van der Waals surface area contributed by atoms with E-state index < -0.39 is 10.0 Å². The lowest BCUT2D eigenvalue weighted by Crippen LogP contribution is -2.42. The number of nitrogens with one attached hydrogen (secondary N) is 1. The van der Waals surface area contributed by atoms with Gasteiger partial charge < -0.3 is 5.32 Å². The van der Waals surface area contributed by atoms with Crippen LogP contribution in [-0.4, -0.2) is 39.4 Å². The molecule has 0 radical (unpaired) electrons. The highest BCUT2D eigenvalue weighted by Crippen LogP contribution is 2.28. The molecule has 1 N–H and O–H groups in total. The van der Waals surface area contributed by atoms with Crippen molar-refractivity contribution >= 4 is 50.0 Å². The van der Waals surface area contributed by atoms with Gasteiger partial charge in [0.1, 0.15) is 0 Å². The van der Waals surface area contributed by atoms with Crippen LogP contribution < -0.4 is 5.32 Å². The highest BCUT2D eigenvalue weighted by Gasteiger charge is 2.30. The Bertz CT molecular complexity index is 582. The van der Waals surface area contributed by atoms with Gasteiger partial charge in [0, 0.05) is 17.6 Å². The van der Waals surface area contributed by atoms with Crippen LogP contribution in [0.1, 0.15) is 12.8 Å². The van der Waals surface area contributed by atoms with E-state index >= 15 is 0 Å². The average molecular weight is 418 g/mol. The van der Waals surface area contributed by atoms with Crippen LogP contribution in [0.4, 0.5) is 0 Å². The molecule has 8 heteroatoms. The maximum atomic E-state index is 12.6. The highest BCUT2D eigenvalue weighted by atomic mass is 79.9. The Morgan fingerprint density at radius 2 is 2.19 bits per heavy atom. The molecule has 1 aromatic carbocycles. The molecular weight excluding hydrogens is 399 g/mol. The van der Waals surface area contributed by atoms with Crippen LogP contribution in [0.25, 0.3) is 0 Å². The van der Waals surface area contributed by atoms with Gasteiger partial charge >= 0.3 is 0 Å². The van der Waals surface area contributed by atoms with Crippen molar-refractivity contribution in [3.05, 3.63) is 27.7 Å². The van der Waals surface area contributed by atoms with E-state index in [9.17, 15) is 8.42 Å². The van der Waals surface area contributed by atoms with Crippen LogP contribution in [0, 0.1) is 5.92 Å². The summed E-state index contributed by atoms with van der Waals surface area (Å²) in [6, 6.07) is 4.76. The van der Waals surface area contributed by atoms with Gasteiger partial charge in [0.2, 0.25) is 10.0 Å². The molecular formula is C13H19BrCl2N2O2S. The lowest BCUT2D eigenvalue weighted by molar-refractivity contribution is 0.263. The Kier molecular flexibility index (Phi) is 7.43. The molecule has 4 nitrogen and oxygen atoms in total. The van der Waals surface area contributed by atoms with Crippen molar-refractivity contribution in [1.82, 2.24) is 9.62 Å². The number of sulfonamides is 1. The van der Waals surface area contributed by atoms with Crippen LogP contribution in [0.2, 0.25) is 5.02 Å². The summed E-state index contributed by atoms with van der Waals surface area (Å²) in [5.74, 6) is 0.370. The quantitative estimate of drug-likeness (QED) is 0.818. The number of hydrogen-bond acceptors (Lipinski definition) is 3. The first kappa shape index (κ1) is 19.2. The number of benzene rings is 1. The molecule has 1 aromatic rings. The average Bonchev–Trinajstić information content (AvgIpc) is 2.42. The summed E-state index contributed by atoms with van der Waals surface area (Å²) in [6.07, 6.45) is 1.96. The SMILES string of the molecule is CNCC1CCCN(S(=O)(=O)c2ccc(Br)c(Cl)c2)C1.Cl. The molecule has 1 heterocycles. The fraction of sp³-hybridized carbons (Fsp3) is 0.538. The zero-order valence-corrected chi connectivity index (χ0v) is 15.7.